The van der Waals surface area contributed by atoms with E-state index in [2.05, 4.69) is 0 Å². The third-order valence-corrected chi connectivity index (χ3v) is 4.27. The number of esters is 1. The zero-order valence-electron chi connectivity index (χ0n) is 14.6. The molecule has 0 bridgehead atoms. The molecule has 2 atom stereocenters. The fraction of sp³-hybridized carbons (Fsp3) is 0.875. The molecule has 8 heteroatoms. The molecule has 5 nitrogen and oxygen atoms in total. The van der Waals surface area contributed by atoms with Crippen LogP contribution in [0, 0.1) is 5.92 Å². The topological polar surface area (TPSA) is 55.8 Å². The van der Waals surface area contributed by atoms with Crippen molar-refractivity contribution in [2.24, 2.45) is 5.92 Å². The van der Waals surface area contributed by atoms with Crippen molar-refractivity contribution in [1.82, 2.24) is 4.90 Å². The minimum absolute atomic E-state index is 0.0383. The van der Waals surface area contributed by atoms with Gasteiger partial charge in [-0.15, -0.1) is 11.6 Å². The third kappa shape index (κ3) is 5.19. The van der Waals surface area contributed by atoms with E-state index in [0.29, 0.717) is 12.3 Å². The van der Waals surface area contributed by atoms with Crippen molar-refractivity contribution in [1.29, 1.82) is 0 Å². The van der Waals surface area contributed by atoms with Gasteiger partial charge in [-0.25, -0.2) is 18.4 Å². The number of carbonyl (C=O) groups is 2. The minimum atomic E-state index is -2.50. The number of amides is 1. The Labute approximate surface area is 146 Å². The molecule has 0 N–H and O–H groups in total. The second-order valence-electron chi connectivity index (χ2n) is 7.10. The number of alkyl halides is 3. The van der Waals surface area contributed by atoms with Gasteiger partial charge in [-0.1, -0.05) is 0 Å². The van der Waals surface area contributed by atoms with Crippen molar-refractivity contribution in [2.45, 2.75) is 64.0 Å². The first-order chi connectivity index (χ1) is 11.1. The highest BCUT2D eigenvalue weighted by atomic mass is 35.5. The Kier molecular flexibility index (Phi) is 7.25. The third-order valence-electron chi connectivity index (χ3n) is 4.00. The Morgan fingerprint density at radius 3 is 2.46 bits per heavy atom. The van der Waals surface area contributed by atoms with Crippen LogP contribution in [0.5, 0.6) is 0 Å². The van der Waals surface area contributed by atoms with E-state index in [4.69, 9.17) is 21.1 Å². The monoisotopic (exact) mass is 369 g/mol. The average Bonchev–Trinajstić information content (AvgIpc) is 2.81. The van der Waals surface area contributed by atoms with Gasteiger partial charge in [0.2, 0.25) is 6.43 Å². The highest BCUT2D eigenvalue weighted by Crippen LogP contribution is 2.41. The Balaban J connectivity index is 3.14. The molecule has 0 radical (unpaired) electrons. The molecule has 0 aromatic carbocycles. The number of carbonyl (C=O) groups excluding carboxylic acids is 2. The zero-order valence-corrected chi connectivity index (χ0v) is 15.4. The van der Waals surface area contributed by atoms with Crippen LogP contribution in [0.3, 0.4) is 0 Å². The van der Waals surface area contributed by atoms with E-state index in [9.17, 15) is 18.4 Å². The van der Waals surface area contributed by atoms with E-state index in [1.54, 1.807) is 20.8 Å². The second-order valence-corrected chi connectivity index (χ2v) is 7.48. The maximum Gasteiger partial charge on any atom is 0.411 e. The molecule has 0 aromatic heterocycles. The molecular weight excluding hydrogens is 344 g/mol. The molecule has 1 amide bonds. The number of hydrogen-bond donors (Lipinski definition) is 0. The van der Waals surface area contributed by atoms with Gasteiger partial charge in [0.1, 0.15) is 11.1 Å². The predicted molar refractivity (Wildman–Crippen MR) is 86.4 cm³/mol. The van der Waals surface area contributed by atoms with E-state index in [1.807, 2.05) is 0 Å². The van der Waals surface area contributed by atoms with Crippen LogP contribution in [0.2, 0.25) is 0 Å². The summed E-state index contributed by atoms with van der Waals surface area (Å²) in [4.78, 5) is 26.3. The standard InChI is InChI=1S/C16H26ClF2NO4/c1-15(2,3)24-14(22)20-10-11(8-12(18)19)9-16(20,6-5-7-17)13(21)23-4/h11-12H,5-10H2,1-4H3. The highest BCUT2D eigenvalue weighted by molar-refractivity contribution is 6.17. The van der Waals surface area contributed by atoms with Crippen molar-refractivity contribution in [3.8, 4) is 0 Å². The average molecular weight is 370 g/mol. The van der Waals surface area contributed by atoms with Crippen LogP contribution in [0.1, 0.15) is 46.5 Å². The van der Waals surface area contributed by atoms with Crippen molar-refractivity contribution in [2.75, 3.05) is 19.5 Å². The van der Waals surface area contributed by atoms with Crippen LogP contribution in [-0.4, -0.2) is 54.1 Å². The van der Waals surface area contributed by atoms with Gasteiger partial charge in [0, 0.05) is 18.8 Å². The van der Waals surface area contributed by atoms with Crippen LogP contribution in [0.4, 0.5) is 13.6 Å². The predicted octanol–water partition coefficient (Wildman–Crippen LogP) is 3.83. The Morgan fingerprint density at radius 1 is 1.38 bits per heavy atom. The summed E-state index contributed by atoms with van der Waals surface area (Å²) < 4.78 is 35.8. The van der Waals surface area contributed by atoms with Gasteiger partial charge in [0.25, 0.3) is 0 Å². The van der Waals surface area contributed by atoms with Gasteiger partial charge >= 0.3 is 12.1 Å². The van der Waals surface area contributed by atoms with Gasteiger partial charge in [-0.2, -0.15) is 0 Å². The Bertz CT molecular complexity index is 456. The zero-order chi connectivity index (χ0) is 18.5. The number of hydrogen-bond acceptors (Lipinski definition) is 4. The summed E-state index contributed by atoms with van der Waals surface area (Å²) in [6.07, 6.45) is -2.74. The Hall–Kier alpha value is -1.11. The lowest BCUT2D eigenvalue weighted by molar-refractivity contribution is -0.153. The Morgan fingerprint density at radius 2 is 2.00 bits per heavy atom. The smallest absolute Gasteiger partial charge is 0.411 e. The van der Waals surface area contributed by atoms with Gasteiger partial charge in [0.15, 0.2) is 0 Å². The SMILES string of the molecule is COC(=O)C1(CCCCl)CC(CC(F)F)CN1C(=O)OC(C)(C)C. The first kappa shape index (κ1) is 20.9. The molecular formula is C16H26ClF2NO4. The molecule has 1 fully saturated rings. The first-order valence-electron chi connectivity index (χ1n) is 7.99. The normalized spacial score (nSPS) is 24.3. The molecule has 0 saturated carbocycles. The molecule has 0 spiro atoms. The second kappa shape index (κ2) is 8.32. The van der Waals surface area contributed by atoms with Crippen LogP contribution in [-0.2, 0) is 14.3 Å². The largest absolute Gasteiger partial charge is 0.467 e. The van der Waals surface area contributed by atoms with Gasteiger partial charge in [-0.3, -0.25) is 4.90 Å². The number of rotatable bonds is 6. The lowest BCUT2D eigenvalue weighted by Gasteiger charge is -2.36. The number of halogens is 3. The highest BCUT2D eigenvalue weighted by Gasteiger charge is 2.55. The molecule has 0 aliphatic carbocycles. The summed E-state index contributed by atoms with van der Waals surface area (Å²) in [6.45, 7) is 5.15. The summed E-state index contributed by atoms with van der Waals surface area (Å²) in [7, 11) is 1.22. The van der Waals surface area contributed by atoms with Crippen molar-refractivity contribution < 1.29 is 27.8 Å². The molecule has 2 unspecified atom stereocenters. The molecule has 1 aliphatic rings. The molecule has 1 rings (SSSR count). The van der Waals surface area contributed by atoms with Crippen LogP contribution < -0.4 is 0 Å². The van der Waals surface area contributed by atoms with Crippen molar-refractivity contribution in [3.63, 3.8) is 0 Å². The molecule has 0 aromatic rings. The molecule has 140 valence electrons. The van der Waals surface area contributed by atoms with Gasteiger partial charge < -0.3 is 9.47 Å². The maximum atomic E-state index is 12.8. The maximum absolute atomic E-state index is 12.8. The lowest BCUT2D eigenvalue weighted by Crippen LogP contribution is -2.54. The summed E-state index contributed by atoms with van der Waals surface area (Å²) in [5.74, 6) is -0.817. The van der Waals surface area contributed by atoms with Crippen molar-refractivity contribution >= 4 is 23.7 Å². The summed E-state index contributed by atoms with van der Waals surface area (Å²) in [5, 5.41) is 0. The van der Waals surface area contributed by atoms with Crippen LogP contribution in [0.15, 0.2) is 0 Å². The molecule has 1 heterocycles. The van der Waals surface area contributed by atoms with Crippen LogP contribution in [0.25, 0.3) is 0 Å². The quantitative estimate of drug-likeness (QED) is 0.527. The summed E-state index contributed by atoms with van der Waals surface area (Å²) in [6, 6.07) is 0. The summed E-state index contributed by atoms with van der Waals surface area (Å²) in [5.41, 5.74) is -2.06. The molecule has 24 heavy (non-hydrogen) atoms. The number of methoxy groups -OCH3 is 1. The van der Waals surface area contributed by atoms with E-state index >= 15 is 0 Å². The number of likely N-dealkylation sites (tertiary alicyclic amines) is 1. The van der Waals surface area contributed by atoms with Crippen LogP contribution >= 0.6 is 11.6 Å². The van der Waals surface area contributed by atoms with E-state index < -0.39 is 35.5 Å². The molecule has 1 saturated heterocycles. The van der Waals surface area contributed by atoms with E-state index in [1.165, 1.54) is 12.0 Å². The minimum Gasteiger partial charge on any atom is -0.467 e. The van der Waals surface area contributed by atoms with Crippen molar-refractivity contribution in [3.05, 3.63) is 0 Å². The first-order valence-corrected chi connectivity index (χ1v) is 8.52. The van der Waals surface area contributed by atoms with E-state index in [0.717, 1.165) is 0 Å². The number of nitrogens with zero attached hydrogens (tertiary/aromatic N) is 1. The van der Waals surface area contributed by atoms with E-state index in [-0.39, 0.29) is 25.8 Å². The lowest BCUT2D eigenvalue weighted by atomic mass is 9.86. The van der Waals surface area contributed by atoms with Gasteiger partial charge in [0.05, 0.1) is 7.11 Å². The molecule has 1 aliphatic heterocycles. The van der Waals surface area contributed by atoms with Gasteiger partial charge in [-0.05, 0) is 46.0 Å². The number of ether oxygens (including phenoxy) is 2. The fourth-order valence-electron chi connectivity index (χ4n) is 3.14. The summed E-state index contributed by atoms with van der Waals surface area (Å²) >= 11 is 5.74. The fourth-order valence-corrected chi connectivity index (χ4v) is 3.28.